The van der Waals surface area contributed by atoms with E-state index in [1.165, 1.54) is 23.0 Å². The number of hydrogen-bond acceptors (Lipinski definition) is 3. The number of anilines is 1. The number of halogens is 1. The quantitative estimate of drug-likeness (QED) is 0.887. The summed E-state index contributed by atoms with van der Waals surface area (Å²) in [6.07, 6.45) is 1.32. The van der Waals surface area contributed by atoms with E-state index in [0.29, 0.717) is 12.2 Å². The summed E-state index contributed by atoms with van der Waals surface area (Å²) in [7, 11) is 1.68. The summed E-state index contributed by atoms with van der Waals surface area (Å²) in [5, 5.41) is 16.0. The Morgan fingerprint density at radius 3 is 2.89 bits per heavy atom. The summed E-state index contributed by atoms with van der Waals surface area (Å²) < 4.78 is 14.5. The van der Waals surface area contributed by atoms with Crippen LogP contribution < -0.4 is 5.32 Å². The lowest BCUT2D eigenvalue weighted by molar-refractivity contribution is 0.0695. The van der Waals surface area contributed by atoms with Crippen LogP contribution in [0.15, 0.2) is 24.4 Å². The zero-order valence-corrected chi connectivity index (χ0v) is 10.6. The van der Waals surface area contributed by atoms with Crippen molar-refractivity contribution in [1.82, 2.24) is 9.78 Å². The standard InChI is InChI=1S/C13H14FN3O2/c1-8-5-9(14)3-4-11(8)15-7-12-10(13(18)19)6-16-17(12)2/h3-6,15H,7H2,1-2H3,(H,18,19). The van der Waals surface area contributed by atoms with Crippen LogP contribution in [-0.2, 0) is 13.6 Å². The lowest BCUT2D eigenvalue weighted by atomic mass is 10.2. The first kappa shape index (κ1) is 13.1. The Hall–Kier alpha value is -2.37. The van der Waals surface area contributed by atoms with Crippen LogP contribution in [0.3, 0.4) is 0 Å². The first-order valence-electron chi connectivity index (χ1n) is 5.73. The number of nitrogens with zero attached hydrogens (tertiary/aromatic N) is 2. The molecule has 0 unspecified atom stereocenters. The Morgan fingerprint density at radius 2 is 2.26 bits per heavy atom. The maximum absolute atomic E-state index is 13.0. The number of rotatable bonds is 4. The molecule has 2 N–H and O–H groups in total. The van der Waals surface area contributed by atoms with Gasteiger partial charge in [-0.15, -0.1) is 0 Å². The van der Waals surface area contributed by atoms with Crippen molar-refractivity contribution >= 4 is 11.7 Å². The fourth-order valence-corrected chi connectivity index (χ4v) is 1.86. The van der Waals surface area contributed by atoms with Gasteiger partial charge in [0.05, 0.1) is 18.4 Å². The SMILES string of the molecule is Cc1cc(F)ccc1NCc1c(C(=O)O)cnn1C. The van der Waals surface area contributed by atoms with Gasteiger partial charge < -0.3 is 10.4 Å². The minimum Gasteiger partial charge on any atom is -0.478 e. The van der Waals surface area contributed by atoms with E-state index in [4.69, 9.17) is 5.11 Å². The van der Waals surface area contributed by atoms with Gasteiger partial charge in [-0.2, -0.15) is 5.10 Å². The monoisotopic (exact) mass is 263 g/mol. The minimum absolute atomic E-state index is 0.162. The molecule has 6 heteroatoms. The summed E-state index contributed by atoms with van der Waals surface area (Å²) in [6.45, 7) is 2.09. The lowest BCUT2D eigenvalue weighted by Crippen LogP contribution is -2.10. The summed E-state index contributed by atoms with van der Waals surface area (Å²) in [4.78, 5) is 11.0. The number of hydrogen-bond donors (Lipinski definition) is 2. The maximum Gasteiger partial charge on any atom is 0.339 e. The van der Waals surface area contributed by atoms with Gasteiger partial charge in [0, 0.05) is 12.7 Å². The molecule has 1 heterocycles. The molecule has 1 aromatic carbocycles. The average Bonchev–Trinajstić information content (AvgIpc) is 2.70. The third-order valence-electron chi connectivity index (χ3n) is 2.93. The molecular weight excluding hydrogens is 249 g/mol. The first-order valence-corrected chi connectivity index (χ1v) is 5.73. The number of carboxylic acids is 1. The van der Waals surface area contributed by atoms with Gasteiger partial charge in [0.2, 0.25) is 0 Å². The van der Waals surface area contributed by atoms with Crippen LogP contribution in [0.25, 0.3) is 0 Å². The minimum atomic E-state index is -1.01. The smallest absolute Gasteiger partial charge is 0.339 e. The van der Waals surface area contributed by atoms with Gasteiger partial charge >= 0.3 is 5.97 Å². The van der Waals surface area contributed by atoms with E-state index in [0.717, 1.165) is 11.3 Å². The molecule has 1 aromatic heterocycles. The van der Waals surface area contributed by atoms with Crippen LogP contribution in [0.5, 0.6) is 0 Å². The molecule has 0 aliphatic carbocycles. The van der Waals surface area contributed by atoms with Crippen LogP contribution >= 0.6 is 0 Å². The number of carbonyl (C=O) groups is 1. The summed E-state index contributed by atoms with van der Waals surface area (Å²) in [5.74, 6) is -1.31. The van der Waals surface area contributed by atoms with E-state index in [1.807, 2.05) is 0 Å². The second kappa shape index (κ2) is 5.09. The van der Waals surface area contributed by atoms with E-state index in [1.54, 1.807) is 20.0 Å². The average molecular weight is 263 g/mol. The van der Waals surface area contributed by atoms with Crippen LogP contribution in [0.2, 0.25) is 0 Å². The molecule has 0 bridgehead atoms. The summed E-state index contributed by atoms with van der Waals surface area (Å²) in [5.41, 5.74) is 2.25. The summed E-state index contributed by atoms with van der Waals surface area (Å²) >= 11 is 0. The van der Waals surface area contributed by atoms with E-state index in [2.05, 4.69) is 10.4 Å². The maximum atomic E-state index is 13.0. The highest BCUT2D eigenvalue weighted by molar-refractivity contribution is 5.88. The second-order valence-corrected chi connectivity index (χ2v) is 4.25. The molecule has 5 nitrogen and oxygen atoms in total. The number of nitrogens with one attached hydrogen (secondary N) is 1. The predicted octanol–water partition coefficient (Wildman–Crippen LogP) is 2.18. The largest absolute Gasteiger partial charge is 0.478 e. The highest BCUT2D eigenvalue weighted by Gasteiger charge is 2.14. The normalized spacial score (nSPS) is 10.5. The molecule has 0 spiro atoms. The van der Waals surface area contributed by atoms with Crippen molar-refractivity contribution in [3.05, 3.63) is 47.0 Å². The van der Waals surface area contributed by atoms with Crippen LogP contribution in [0.4, 0.5) is 10.1 Å². The molecule has 0 saturated carbocycles. The molecule has 2 rings (SSSR count). The van der Waals surface area contributed by atoms with Crippen molar-refractivity contribution in [3.63, 3.8) is 0 Å². The Bertz CT molecular complexity index is 622. The number of aromatic carboxylic acids is 1. The van der Waals surface area contributed by atoms with Crippen molar-refractivity contribution in [2.45, 2.75) is 13.5 Å². The second-order valence-electron chi connectivity index (χ2n) is 4.25. The molecule has 100 valence electrons. The van der Waals surface area contributed by atoms with Crippen LogP contribution in [0.1, 0.15) is 21.6 Å². The molecular formula is C13H14FN3O2. The molecule has 0 fully saturated rings. The Kier molecular flexibility index (Phi) is 3.50. The third kappa shape index (κ3) is 2.73. The van der Waals surface area contributed by atoms with Gasteiger partial charge in [-0.25, -0.2) is 9.18 Å². The van der Waals surface area contributed by atoms with Crippen molar-refractivity contribution in [2.75, 3.05) is 5.32 Å². The van der Waals surface area contributed by atoms with E-state index < -0.39 is 5.97 Å². The molecule has 0 amide bonds. The van der Waals surface area contributed by atoms with Gasteiger partial charge in [-0.3, -0.25) is 4.68 Å². The van der Waals surface area contributed by atoms with Crippen LogP contribution in [0, 0.1) is 12.7 Å². The van der Waals surface area contributed by atoms with Crippen molar-refractivity contribution in [1.29, 1.82) is 0 Å². The third-order valence-corrected chi connectivity index (χ3v) is 2.93. The van der Waals surface area contributed by atoms with Crippen LogP contribution in [-0.4, -0.2) is 20.9 Å². The topological polar surface area (TPSA) is 67.2 Å². The fourth-order valence-electron chi connectivity index (χ4n) is 1.86. The number of carboxylic acid groups (broad SMARTS) is 1. The van der Waals surface area contributed by atoms with E-state index in [-0.39, 0.29) is 11.4 Å². The Morgan fingerprint density at radius 1 is 1.53 bits per heavy atom. The lowest BCUT2D eigenvalue weighted by Gasteiger charge is -2.10. The van der Waals surface area contributed by atoms with Gasteiger partial charge in [0.15, 0.2) is 0 Å². The predicted molar refractivity (Wildman–Crippen MR) is 68.6 cm³/mol. The van der Waals surface area contributed by atoms with Gasteiger partial charge in [-0.1, -0.05) is 0 Å². The number of aromatic nitrogens is 2. The zero-order valence-electron chi connectivity index (χ0n) is 10.6. The molecule has 0 aliphatic heterocycles. The highest BCUT2D eigenvalue weighted by Crippen LogP contribution is 2.17. The molecule has 0 saturated heterocycles. The Labute approximate surface area is 109 Å². The van der Waals surface area contributed by atoms with E-state index >= 15 is 0 Å². The zero-order chi connectivity index (χ0) is 14.0. The van der Waals surface area contributed by atoms with Gasteiger partial charge in [0.1, 0.15) is 11.4 Å². The molecule has 0 radical (unpaired) electrons. The highest BCUT2D eigenvalue weighted by atomic mass is 19.1. The van der Waals surface area contributed by atoms with Gasteiger partial charge in [-0.05, 0) is 30.7 Å². The molecule has 2 aromatic rings. The fraction of sp³-hybridized carbons (Fsp3) is 0.231. The van der Waals surface area contributed by atoms with Crippen molar-refractivity contribution in [2.24, 2.45) is 7.05 Å². The van der Waals surface area contributed by atoms with Crippen molar-refractivity contribution in [3.8, 4) is 0 Å². The molecule has 0 atom stereocenters. The number of aryl methyl sites for hydroxylation is 2. The summed E-state index contributed by atoms with van der Waals surface area (Å²) in [6, 6.07) is 4.40. The van der Waals surface area contributed by atoms with Crippen molar-refractivity contribution < 1.29 is 14.3 Å². The first-order chi connectivity index (χ1) is 8.99. The molecule has 19 heavy (non-hydrogen) atoms. The molecule has 0 aliphatic rings. The Balaban J connectivity index is 2.19. The van der Waals surface area contributed by atoms with E-state index in [9.17, 15) is 9.18 Å². The number of benzene rings is 1. The van der Waals surface area contributed by atoms with Gasteiger partial charge in [0.25, 0.3) is 0 Å².